The van der Waals surface area contributed by atoms with E-state index in [2.05, 4.69) is 4.98 Å². The lowest BCUT2D eigenvalue weighted by atomic mass is 10.1. The van der Waals surface area contributed by atoms with E-state index in [4.69, 9.17) is 22.1 Å². The number of aromatic hydroxyl groups is 1. The summed E-state index contributed by atoms with van der Waals surface area (Å²) in [7, 11) is 0. The Morgan fingerprint density at radius 1 is 1.45 bits per heavy atom. The average Bonchev–Trinajstić information content (AvgIpc) is 2.42. The number of esters is 1. The number of carbonyl (C=O) groups is 1. The fourth-order valence-corrected chi connectivity index (χ4v) is 2.04. The van der Waals surface area contributed by atoms with Crippen molar-refractivity contribution in [1.82, 2.24) is 4.98 Å². The molecule has 0 atom stereocenters. The maximum atomic E-state index is 11.9. The molecule has 0 aliphatic carbocycles. The molecule has 0 fully saturated rings. The molecule has 0 unspecified atom stereocenters. The number of carbonyl (C=O) groups excluding carboxylic acids is 1. The first kappa shape index (κ1) is 14.4. The summed E-state index contributed by atoms with van der Waals surface area (Å²) in [6, 6.07) is 4.80. The molecule has 1 heterocycles. The van der Waals surface area contributed by atoms with E-state index >= 15 is 0 Å². The molecule has 0 spiro atoms. The van der Waals surface area contributed by atoms with Crippen LogP contribution in [0.2, 0.25) is 5.15 Å². The van der Waals surface area contributed by atoms with Gasteiger partial charge in [0.15, 0.2) is 11.4 Å². The lowest BCUT2D eigenvalue weighted by molar-refractivity contribution is 0.0489. The Labute approximate surface area is 121 Å². The zero-order chi connectivity index (χ0) is 14.7. The van der Waals surface area contributed by atoms with Crippen molar-refractivity contribution in [3.8, 4) is 5.75 Å². The maximum absolute atomic E-state index is 11.9. The normalized spacial score (nSPS) is 10.7. The summed E-state index contributed by atoms with van der Waals surface area (Å²) in [6.45, 7) is 2.27. The van der Waals surface area contributed by atoms with Gasteiger partial charge in [-0.1, -0.05) is 24.9 Å². The molecule has 2 rings (SSSR count). The van der Waals surface area contributed by atoms with Gasteiger partial charge >= 0.3 is 5.97 Å². The number of unbranched alkanes of at least 4 members (excludes halogenated alkanes) is 1. The molecule has 2 aromatic rings. The molecular weight excluding hydrogens is 280 g/mol. The van der Waals surface area contributed by atoms with Crippen molar-refractivity contribution in [2.24, 2.45) is 0 Å². The lowest BCUT2D eigenvalue weighted by Crippen LogP contribution is -2.09. The second-order valence-corrected chi connectivity index (χ2v) is 4.75. The Morgan fingerprint density at radius 3 is 2.90 bits per heavy atom. The molecule has 0 saturated carbocycles. The summed E-state index contributed by atoms with van der Waals surface area (Å²) >= 11 is 6.03. The predicted molar refractivity (Wildman–Crippen MR) is 78.0 cm³/mol. The Kier molecular flexibility index (Phi) is 4.29. The number of ether oxygens (including phenoxy) is 1. The van der Waals surface area contributed by atoms with Gasteiger partial charge in [0, 0.05) is 16.5 Å². The highest BCUT2D eigenvalue weighted by molar-refractivity contribution is 6.35. The number of fused-ring (bicyclic) bond motifs is 1. The summed E-state index contributed by atoms with van der Waals surface area (Å²) in [5, 5.41) is 11.1. The molecule has 0 radical (unpaired) electrons. The van der Waals surface area contributed by atoms with Gasteiger partial charge in [0.25, 0.3) is 0 Å². The standard InChI is InChI=1S/C14H15ClN2O3/c1-2-3-6-20-14(19)11-12(18)9-5-4-8(16)7-10(9)13(15)17-11/h4-5,7,18H,2-3,6,16H2,1H3. The van der Waals surface area contributed by atoms with Crippen LogP contribution in [-0.4, -0.2) is 22.7 Å². The van der Waals surface area contributed by atoms with E-state index in [0.717, 1.165) is 12.8 Å². The van der Waals surface area contributed by atoms with Crippen LogP contribution < -0.4 is 5.73 Å². The minimum absolute atomic E-state index is 0.104. The number of pyridine rings is 1. The second kappa shape index (κ2) is 5.96. The van der Waals surface area contributed by atoms with Crippen LogP contribution in [0, 0.1) is 0 Å². The van der Waals surface area contributed by atoms with Crippen molar-refractivity contribution in [2.75, 3.05) is 12.3 Å². The molecule has 20 heavy (non-hydrogen) atoms. The fraction of sp³-hybridized carbons (Fsp3) is 0.286. The summed E-state index contributed by atoms with van der Waals surface area (Å²) < 4.78 is 5.03. The van der Waals surface area contributed by atoms with Gasteiger partial charge < -0.3 is 15.6 Å². The van der Waals surface area contributed by atoms with Crippen LogP contribution in [-0.2, 0) is 4.74 Å². The molecular formula is C14H15ClN2O3. The number of hydrogen-bond acceptors (Lipinski definition) is 5. The predicted octanol–water partition coefficient (Wildman–Crippen LogP) is 3.13. The smallest absolute Gasteiger partial charge is 0.360 e. The maximum Gasteiger partial charge on any atom is 0.360 e. The monoisotopic (exact) mass is 294 g/mol. The topological polar surface area (TPSA) is 85.4 Å². The van der Waals surface area contributed by atoms with Crippen LogP contribution in [0.25, 0.3) is 10.8 Å². The van der Waals surface area contributed by atoms with Crippen molar-refractivity contribution < 1.29 is 14.6 Å². The molecule has 106 valence electrons. The van der Waals surface area contributed by atoms with Gasteiger partial charge in [0.05, 0.1) is 6.61 Å². The highest BCUT2D eigenvalue weighted by Gasteiger charge is 2.19. The molecule has 0 aliphatic heterocycles. The van der Waals surface area contributed by atoms with E-state index in [9.17, 15) is 9.90 Å². The molecule has 5 nitrogen and oxygen atoms in total. The third kappa shape index (κ3) is 2.77. The quantitative estimate of drug-likeness (QED) is 0.391. The minimum atomic E-state index is -0.684. The van der Waals surface area contributed by atoms with Crippen molar-refractivity contribution in [3.63, 3.8) is 0 Å². The van der Waals surface area contributed by atoms with Gasteiger partial charge in [-0.25, -0.2) is 9.78 Å². The first-order valence-corrected chi connectivity index (χ1v) is 6.67. The van der Waals surface area contributed by atoms with E-state index in [0.29, 0.717) is 16.5 Å². The lowest BCUT2D eigenvalue weighted by Gasteiger charge is -2.09. The van der Waals surface area contributed by atoms with E-state index in [-0.39, 0.29) is 23.2 Å². The Bertz CT molecular complexity index is 658. The second-order valence-electron chi connectivity index (χ2n) is 4.39. The molecule has 1 aromatic heterocycles. The van der Waals surface area contributed by atoms with Gasteiger partial charge in [-0.15, -0.1) is 0 Å². The van der Waals surface area contributed by atoms with Crippen molar-refractivity contribution in [2.45, 2.75) is 19.8 Å². The number of nitrogens with zero attached hydrogens (tertiary/aromatic N) is 1. The highest BCUT2D eigenvalue weighted by atomic mass is 35.5. The summed E-state index contributed by atoms with van der Waals surface area (Å²) in [5.41, 5.74) is 5.98. The van der Waals surface area contributed by atoms with Gasteiger partial charge in [-0.3, -0.25) is 0 Å². The summed E-state index contributed by atoms with van der Waals surface area (Å²) in [5.74, 6) is -0.928. The van der Waals surface area contributed by atoms with Gasteiger partial charge in [-0.05, 0) is 24.6 Å². The highest BCUT2D eigenvalue weighted by Crippen LogP contribution is 2.33. The van der Waals surface area contributed by atoms with Gasteiger partial charge in [0.1, 0.15) is 5.15 Å². The van der Waals surface area contributed by atoms with Crippen LogP contribution in [0.5, 0.6) is 5.75 Å². The SMILES string of the molecule is CCCCOC(=O)c1nc(Cl)c2cc(N)ccc2c1O. The molecule has 3 N–H and O–H groups in total. The van der Waals surface area contributed by atoms with Crippen LogP contribution in [0.15, 0.2) is 18.2 Å². The third-order valence-corrected chi connectivity index (χ3v) is 3.17. The fourth-order valence-electron chi connectivity index (χ4n) is 1.80. The number of aromatic nitrogens is 1. The van der Waals surface area contributed by atoms with Crippen molar-refractivity contribution >= 4 is 34.0 Å². The Balaban J connectivity index is 2.42. The zero-order valence-electron chi connectivity index (χ0n) is 11.0. The Morgan fingerprint density at radius 2 is 2.20 bits per heavy atom. The first-order chi connectivity index (χ1) is 9.54. The van der Waals surface area contributed by atoms with Gasteiger partial charge in [-0.2, -0.15) is 0 Å². The third-order valence-electron chi connectivity index (χ3n) is 2.88. The average molecular weight is 295 g/mol. The van der Waals surface area contributed by atoms with E-state index < -0.39 is 5.97 Å². The number of hydrogen-bond donors (Lipinski definition) is 2. The zero-order valence-corrected chi connectivity index (χ0v) is 11.8. The Hall–Kier alpha value is -2.01. The molecule has 0 saturated heterocycles. The van der Waals surface area contributed by atoms with Gasteiger partial charge in [0.2, 0.25) is 0 Å². The van der Waals surface area contributed by atoms with Crippen LogP contribution in [0.1, 0.15) is 30.3 Å². The number of benzene rings is 1. The molecule has 0 bridgehead atoms. The number of halogens is 1. The minimum Gasteiger partial charge on any atom is -0.505 e. The first-order valence-electron chi connectivity index (χ1n) is 6.29. The molecule has 1 aromatic carbocycles. The number of rotatable bonds is 4. The molecule has 0 amide bonds. The van der Waals surface area contributed by atoms with Crippen molar-refractivity contribution in [3.05, 3.63) is 29.0 Å². The summed E-state index contributed by atoms with van der Waals surface area (Å²) in [4.78, 5) is 15.8. The van der Waals surface area contributed by atoms with E-state index in [1.165, 1.54) is 0 Å². The van der Waals surface area contributed by atoms with Crippen LogP contribution in [0.4, 0.5) is 5.69 Å². The number of anilines is 1. The van der Waals surface area contributed by atoms with Crippen molar-refractivity contribution in [1.29, 1.82) is 0 Å². The van der Waals surface area contributed by atoms with E-state index in [1.807, 2.05) is 6.92 Å². The summed E-state index contributed by atoms with van der Waals surface area (Å²) in [6.07, 6.45) is 1.66. The largest absolute Gasteiger partial charge is 0.505 e. The van der Waals surface area contributed by atoms with Crippen LogP contribution in [0.3, 0.4) is 0 Å². The number of nitrogen functional groups attached to an aromatic ring is 1. The van der Waals surface area contributed by atoms with E-state index in [1.54, 1.807) is 18.2 Å². The van der Waals surface area contributed by atoms with Crippen LogP contribution >= 0.6 is 11.6 Å². The number of nitrogens with two attached hydrogens (primary N) is 1. The molecule has 6 heteroatoms. The molecule has 0 aliphatic rings.